The maximum absolute atomic E-state index is 9.36. The first-order valence-corrected chi connectivity index (χ1v) is 6.91. The first-order valence-electron chi connectivity index (χ1n) is 5.55. The van der Waals surface area contributed by atoms with Gasteiger partial charge in [-0.25, -0.2) is 4.98 Å². The number of halogens is 1. The minimum Gasteiger partial charge on any atom is -0.302 e. The summed E-state index contributed by atoms with van der Waals surface area (Å²) in [6.07, 6.45) is 3.98. The van der Waals surface area contributed by atoms with Gasteiger partial charge in [-0.1, -0.05) is 11.6 Å². The third kappa shape index (κ3) is 2.74. The Kier molecular flexibility index (Phi) is 3.93. The number of nitriles is 1. The third-order valence-electron chi connectivity index (χ3n) is 3.08. The molecule has 1 fully saturated rings. The Balaban J connectivity index is 2.06. The van der Waals surface area contributed by atoms with Crippen molar-refractivity contribution in [3.63, 3.8) is 0 Å². The summed E-state index contributed by atoms with van der Waals surface area (Å²) in [6.45, 7) is 0. The lowest BCUT2D eigenvalue weighted by Crippen LogP contribution is -2.46. The zero-order chi connectivity index (χ0) is 12.3. The van der Waals surface area contributed by atoms with Crippen molar-refractivity contribution in [3.8, 4) is 6.07 Å². The predicted molar refractivity (Wildman–Crippen MR) is 70.1 cm³/mol. The molecular formula is C12H14ClN3S. The summed E-state index contributed by atoms with van der Waals surface area (Å²) in [7, 11) is 1.85. The van der Waals surface area contributed by atoms with Crippen molar-refractivity contribution in [3.05, 3.63) is 23.4 Å². The van der Waals surface area contributed by atoms with Crippen LogP contribution in [-0.2, 0) is 0 Å². The lowest BCUT2D eigenvalue weighted by Gasteiger charge is -2.25. The predicted octanol–water partition coefficient (Wildman–Crippen LogP) is 2.72. The second-order valence-electron chi connectivity index (χ2n) is 4.19. The molecular weight excluding hydrogens is 254 g/mol. The molecule has 3 nitrogen and oxygen atoms in total. The van der Waals surface area contributed by atoms with E-state index in [0.717, 1.165) is 17.9 Å². The van der Waals surface area contributed by atoms with Crippen LogP contribution >= 0.6 is 23.4 Å². The maximum atomic E-state index is 9.36. The number of aromatic nitrogens is 1. The van der Waals surface area contributed by atoms with E-state index >= 15 is 0 Å². The van der Waals surface area contributed by atoms with E-state index in [0.29, 0.717) is 16.7 Å². The number of pyridine rings is 1. The quantitative estimate of drug-likeness (QED) is 0.834. The number of hydrogen-bond acceptors (Lipinski definition) is 4. The minimum atomic E-state index is -0.439. The second-order valence-corrected chi connectivity index (χ2v) is 5.56. The van der Waals surface area contributed by atoms with Gasteiger partial charge in [-0.15, -0.1) is 11.8 Å². The lowest BCUT2D eigenvalue weighted by molar-refractivity contribution is 0.441. The average molecular weight is 268 g/mol. The van der Waals surface area contributed by atoms with Crippen molar-refractivity contribution in [2.24, 2.45) is 5.92 Å². The van der Waals surface area contributed by atoms with Gasteiger partial charge in [0, 0.05) is 11.9 Å². The zero-order valence-electron chi connectivity index (χ0n) is 9.61. The van der Waals surface area contributed by atoms with Crippen LogP contribution in [-0.4, -0.2) is 23.3 Å². The fourth-order valence-electron chi connectivity index (χ4n) is 1.81. The Hall–Kier alpha value is -0.760. The fourth-order valence-corrected chi connectivity index (χ4v) is 3.24. The minimum absolute atomic E-state index is 0.439. The summed E-state index contributed by atoms with van der Waals surface area (Å²) < 4.78 is 0. The molecule has 90 valence electrons. The molecule has 1 aromatic heterocycles. The molecule has 1 N–H and O–H groups in total. The fraction of sp³-hybridized carbons (Fsp3) is 0.500. The van der Waals surface area contributed by atoms with Crippen molar-refractivity contribution >= 4 is 23.4 Å². The zero-order valence-corrected chi connectivity index (χ0v) is 11.2. The van der Waals surface area contributed by atoms with Crippen LogP contribution < -0.4 is 5.32 Å². The van der Waals surface area contributed by atoms with Crippen molar-refractivity contribution in [1.82, 2.24) is 10.3 Å². The molecule has 2 rings (SSSR count). The molecule has 1 saturated carbocycles. The molecule has 0 aliphatic heterocycles. The second kappa shape index (κ2) is 5.26. The van der Waals surface area contributed by atoms with Crippen LogP contribution in [0.4, 0.5) is 0 Å². The highest BCUT2D eigenvalue weighted by Gasteiger charge is 2.44. The summed E-state index contributed by atoms with van der Waals surface area (Å²) in [5.74, 6) is 1.15. The molecule has 1 unspecified atom stereocenters. The van der Waals surface area contributed by atoms with Gasteiger partial charge in [0.1, 0.15) is 10.6 Å². The van der Waals surface area contributed by atoms with E-state index in [9.17, 15) is 5.26 Å². The molecule has 0 aromatic carbocycles. The number of hydrogen-bond donors (Lipinski definition) is 1. The Morgan fingerprint density at radius 2 is 2.47 bits per heavy atom. The smallest absolute Gasteiger partial charge is 0.118 e. The topological polar surface area (TPSA) is 48.7 Å². The Morgan fingerprint density at radius 1 is 1.71 bits per heavy atom. The first kappa shape index (κ1) is 12.7. The van der Waals surface area contributed by atoms with E-state index in [2.05, 4.69) is 16.4 Å². The number of thioether (sulfide) groups is 1. The van der Waals surface area contributed by atoms with Crippen molar-refractivity contribution < 1.29 is 0 Å². The highest BCUT2D eigenvalue weighted by atomic mass is 35.5. The van der Waals surface area contributed by atoms with Gasteiger partial charge in [0.25, 0.3) is 0 Å². The molecule has 1 heterocycles. The van der Waals surface area contributed by atoms with Crippen LogP contribution in [0.1, 0.15) is 12.8 Å². The Bertz CT molecular complexity index is 442. The van der Waals surface area contributed by atoms with Crippen LogP contribution in [0.2, 0.25) is 5.02 Å². The van der Waals surface area contributed by atoms with E-state index in [1.807, 2.05) is 19.2 Å². The molecule has 0 spiro atoms. The van der Waals surface area contributed by atoms with Gasteiger partial charge in [0.2, 0.25) is 0 Å². The largest absolute Gasteiger partial charge is 0.302 e. The maximum Gasteiger partial charge on any atom is 0.118 e. The first-order chi connectivity index (χ1) is 8.22. The highest BCUT2D eigenvalue weighted by Crippen LogP contribution is 2.42. The standard InChI is InChI=1S/C12H14ClN3S/c1-15-12(7-14,9-4-5-9)8-17-11-10(13)3-2-6-16-11/h2-3,6,9,15H,4-5,8H2,1H3. The summed E-state index contributed by atoms with van der Waals surface area (Å²) in [4.78, 5) is 4.22. The molecule has 1 aliphatic carbocycles. The average Bonchev–Trinajstić information content (AvgIpc) is 3.18. The van der Waals surface area contributed by atoms with E-state index in [1.165, 1.54) is 0 Å². The summed E-state index contributed by atoms with van der Waals surface area (Å²) >= 11 is 7.59. The van der Waals surface area contributed by atoms with Crippen LogP contribution in [0.3, 0.4) is 0 Å². The highest BCUT2D eigenvalue weighted by molar-refractivity contribution is 7.99. The normalized spacial score (nSPS) is 18.4. The Morgan fingerprint density at radius 3 is 3.00 bits per heavy atom. The molecule has 1 atom stereocenters. The van der Waals surface area contributed by atoms with E-state index in [4.69, 9.17) is 11.6 Å². The van der Waals surface area contributed by atoms with Crippen LogP contribution in [0.25, 0.3) is 0 Å². The van der Waals surface area contributed by atoms with E-state index in [1.54, 1.807) is 18.0 Å². The molecule has 17 heavy (non-hydrogen) atoms. The SMILES string of the molecule is CNC(C#N)(CSc1ncccc1Cl)C1CC1. The van der Waals surface area contributed by atoms with Crippen LogP contribution in [0, 0.1) is 17.2 Å². The molecule has 0 amide bonds. The molecule has 0 saturated heterocycles. The van der Waals surface area contributed by atoms with Crippen molar-refractivity contribution in [2.45, 2.75) is 23.4 Å². The lowest BCUT2D eigenvalue weighted by atomic mass is 9.98. The van der Waals surface area contributed by atoms with E-state index in [-0.39, 0.29) is 0 Å². The van der Waals surface area contributed by atoms with Crippen LogP contribution in [0.5, 0.6) is 0 Å². The molecule has 0 bridgehead atoms. The van der Waals surface area contributed by atoms with Crippen molar-refractivity contribution in [1.29, 1.82) is 5.26 Å². The van der Waals surface area contributed by atoms with Crippen molar-refractivity contribution in [2.75, 3.05) is 12.8 Å². The summed E-state index contributed by atoms with van der Waals surface area (Å²) in [5.41, 5.74) is -0.439. The number of nitrogens with zero attached hydrogens (tertiary/aromatic N) is 2. The molecule has 1 aliphatic rings. The summed E-state index contributed by atoms with van der Waals surface area (Å²) in [5, 5.41) is 14.0. The van der Waals surface area contributed by atoms with Gasteiger partial charge < -0.3 is 5.32 Å². The third-order valence-corrected chi connectivity index (χ3v) is 4.70. The Labute approximate surface area is 111 Å². The van der Waals surface area contributed by atoms with Gasteiger partial charge >= 0.3 is 0 Å². The van der Waals surface area contributed by atoms with Gasteiger partial charge in [-0.05, 0) is 37.9 Å². The van der Waals surface area contributed by atoms with E-state index < -0.39 is 5.54 Å². The summed E-state index contributed by atoms with van der Waals surface area (Å²) in [6, 6.07) is 6.04. The number of nitrogens with one attached hydrogen (secondary N) is 1. The molecule has 5 heteroatoms. The van der Waals surface area contributed by atoms with Gasteiger partial charge in [0.05, 0.1) is 11.1 Å². The van der Waals surface area contributed by atoms with Gasteiger partial charge in [0.15, 0.2) is 0 Å². The van der Waals surface area contributed by atoms with Gasteiger partial charge in [-0.3, -0.25) is 0 Å². The molecule has 0 radical (unpaired) electrons. The molecule has 1 aromatic rings. The van der Waals surface area contributed by atoms with Crippen LogP contribution in [0.15, 0.2) is 23.4 Å². The van der Waals surface area contributed by atoms with Gasteiger partial charge in [-0.2, -0.15) is 5.26 Å². The number of rotatable bonds is 5. The monoisotopic (exact) mass is 267 g/mol.